The molecule has 0 spiro atoms. The van der Waals surface area contributed by atoms with Crippen LogP contribution in [0.25, 0.3) is 34.0 Å². The summed E-state index contributed by atoms with van der Waals surface area (Å²) in [6.45, 7) is 16.0. The number of benzene rings is 3. The second-order valence-electron chi connectivity index (χ2n) is 13.6. The SMILES string of the molecule is Cc1ccccc1CN1CCC(NC(=O)/C=C/c2cc3c([nH]c4ccc(C(C)(C)C)cc43)c3c2OC(C)(C)C=C3)CC1. The Labute approximate surface area is 249 Å². The fraction of sp³-hybridized carbons (Fsp3) is 0.378. The van der Waals surface area contributed by atoms with Gasteiger partial charge in [-0.05, 0) is 92.1 Å². The van der Waals surface area contributed by atoms with E-state index in [4.69, 9.17) is 4.74 Å². The summed E-state index contributed by atoms with van der Waals surface area (Å²) in [5.41, 5.74) is 7.75. The van der Waals surface area contributed by atoms with Gasteiger partial charge in [-0.3, -0.25) is 9.69 Å². The van der Waals surface area contributed by atoms with E-state index in [9.17, 15) is 4.79 Å². The van der Waals surface area contributed by atoms with E-state index in [0.29, 0.717) is 0 Å². The predicted octanol–water partition coefficient (Wildman–Crippen LogP) is 7.91. The Morgan fingerprint density at radius 3 is 2.60 bits per heavy atom. The van der Waals surface area contributed by atoms with E-state index < -0.39 is 5.60 Å². The van der Waals surface area contributed by atoms with Gasteiger partial charge in [-0.1, -0.05) is 51.1 Å². The van der Waals surface area contributed by atoms with Crippen molar-refractivity contribution in [3.05, 3.63) is 88.5 Å². The number of aromatic nitrogens is 1. The van der Waals surface area contributed by atoms with Crippen molar-refractivity contribution in [3.63, 3.8) is 0 Å². The zero-order chi connectivity index (χ0) is 29.6. The molecule has 2 aliphatic rings. The van der Waals surface area contributed by atoms with Crippen molar-refractivity contribution < 1.29 is 9.53 Å². The van der Waals surface area contributed by atoms with Gasteiger partial charge in [-0.15, -0.1) is 0 Å². The predicted molar refractivity (Wildman–Crippen MR) is 175 cm³/mol. The molecule has 1 amide bonds. The highest BCUT2D eigenvalue weighted by molar-refractivity contribution is 6.12. The lowest BCUT2D eigenvalue weighted by atomic mass is 9.86. The van der Waals surface area contributed by atoms with Crippen molar-refractivity contribution in [3.8, 4) is 5.75 Å². The van der Waals surface area contributed by atoms with Crippen LogP contribution in [0.3, 0.4) is 0 Å². The quantitative estimate of drug-likeness (QED) is 0.244. The molecule has 3 heterocycles. The van der Waals surface area contributed by atoms with Gasteiger partial charge in [0.25, 0.3) is 0 Å². The molecule has 0 aliphatic carbocycles. The Hall–Kier alpha value is -3.83. The first-order chi connectivity index (χ1) is 20.0. The van der Waals surface area contributed by atoms with E-state index in [1.165, 1.54) is 22.1 Å². The summed E-state index contributed by atoms with van der Waals surface area (Å²) >= 11 is 0. The molecule has 2 aliphatic heterocycles. The molecule has 4 aromatic rings. The molecule has 218 valence electrons. The lowest BCUT2D eigenvalue weighted by molar-refractivity contribution is -0.117. The zero-order valence-corrected chi connectivity index (χ0v) is 25.8. The number of nitrogens with one attached hydrogen (secondary N) is 2. The third-order valence-electron chi connectivity index (χ3n) is 8.80. The lowest BCUT2D eigenvalue weighted by Gasteiger charge is -2.32. The number of ether oxygens (including phenoxy) is 1. The fourth-order valence-corrected chi connectivity index (χ4v) is 6.19. The van der Waals surface area contributed by atoms with E-state index in [1.54, 1.807) is 6.08 Å². The molecule has 42 heavy (non-hydrogen) atoms. The molecule has 2 N–H and O–H groups in total. The molecule has 5 nitrogen and oxygen atoms in total. The van der Waals surface area contributed by atoms with E-state index >= 15 is 0 Å². The van der Waals surface area contributed by atoms with Crippen molar-refractivity contribution in [1.82, 2.24) is 15.2 Å². The normalized spacial score (nSPS) is 17.6. The summed E-state index contributed by atoms with van der Waals surface area (Å²) < 4.78 is 6.49. The highest BCUT2D eigenvalue weighted by Crippen LogP contribution is 2.42. The lowest BCUT2D eigenvalue weighted by Crippen LogP contribution is -2.43. The summed E-state index contributed by atoms with van der Waals surface area (Å²) in [7, 11) is 0. The molecule has 0 saturated carbocycles. The number of hydrogen-bond acceptors (Lipinski definition) is 3. The third-order valence-corrected chi connectivity index (χ3v) is 8.80. The van der Waals surface area contributed by atoms with Gasteiger partial charge in [0, 0.05) is 59.2 Å². The Balaban J connectivity index is 1.23. The maximum Gasteiger partial charge on any atom is 0.244 e. The van der Waals surface area contributed by atoms with Crippen molar-refractivity contribution in [1.29, 1.82) is 0 Å². The molecule has 5 heteroatoms. The molecular weight excluding hydrogens is 518 g/mol. The molecule has 0 bridgehead atoms. The smallest absolute Gasteiger partial charge is 0.244 e. The second kappa shape index (κ2) is 10.8. The molecule has 0 atom stereocenters. The van der Waals surface area contributed by atoms with E-state index in [-0.39, 0.29) is 17.4 Å². The van der Waals surface area contributed by atoms with Gasteiger partial charge in [0.05, 0.1) is 5.52 Å². The minimum atomic E-state index is -0.427. The van der Waals surface area contributed by atoms with Gasteiger partial charge in [0.1, 0.15) is 11.4 Å². The Morgan fingerprint density at radius 1 is 1.10 bits per heavy atom. The molecule has 1 saturated heterocycles. The van der Waals surface area contributed by atoms with E-state index in [2.05, 4.69) is 117 Å². The number of aryl methyl sites for hydroxylation is 1. The van der Waals surface area contributed by atoms with Crippen LogP contribution >= 0.6 is 0 Å². The van der Waals surface area contributed by atoms with Crippen LogP contribution in [0.1, 0.15) is 75.3 Å². The van der Waals surface area contributed by atoms with Crippen LogP contribution in [0.2, 0.25) is 0 Å². The van der Waals surface area contributed by atoms with Gasteiger partial charge in [0.15, 0.2) is 0 Å². The number of carbonyl (C=O) groups is 1. The number of likely N-dealkylation sites (tertiary alicyclic amines) is 1. The van der Waals surface area contributed by atoms with E-state index in [1.807, 2.05) is 6.08 Å². The first-order valence-electron chi connectivity index (χ1n) is 15.2. The van der Waals surface area contributed by atoms with Crippen LogP contribution in [-0.4, -0.2) is 40.5 Å². The molecule has 6 rings (SSSR count). The van der Waals surface area contributed by atoms with Crippen molar-refractivity contribution in [2.24, 2.45) is 0 Å². The van der Waals surface area contributed by atoms with Crippen LogP contribution in [-0.2, 0) is 16.8 Å². The summed E-state index contributed by atoms with van der Waals surface area (Å²) in [4.78, 5) is 19.2. The van der Waals surface area contributed by atoms with Gasteiger partial charge in [0.2, 0.25) is 5.91 Å². The first-order valence-corrected chi connectivity index (χ1v) is 15.2. The maximum atomic E-state index is 13.1. The third kappa shape index (κ3) is 5.76. The number of hydrogen-bond donors (Lipinski definition) is 2. The molecule has 1 fully saturated rings. The van der Waals surface area contributed by atoms with Gasteiger partial charge < -0.3 is 15.0 Å². The van der Waals surface area contributed by atoms with Crippen LogP contribution in [0, 0.1) is 6.92 Å². The Kier molecular flexibility index (Phi) is 7.26. The average Bonchev–Trinajstić information content (AvgIpc) is 3.31. The summed E-state index contributed by atoms with van der Waals surface area (Å²) in [6, 6.07) is 17.6. The number of nitrogens with zero attached hydrogens (tertiary/aromatic N) is 1. The van der Waals surface area contributed by atoms with Crippen molar-refractivity contribution in [2.75, 3.05) is 13.1 Å². The number of piperidine rings is 1. The first kappa shape index (κ1) is 28.3. The molecule has 1 aromatic heterocycles. The minimum absolute atomic E-state index is 0.0521. The number of H-pyrrole nitrogens is 1. The van der Waals surface area contributed by atoms with Crippen LogP contribution < -0.4 is 10.1 Å². The molecule has 0 unspecified atom stereocenters. The van der Waals surface area contributed by atoms with Gasteiger partial charge in [-0.25, -0.2) is 0 Å². The highest BCUT2D eigenvalue weighted by atomic mass is 16.5. The highest BCUT2D eigenvalue weighted by Gasteiger charge is 2.27. The van der Waals surface area contributed by atoms with E-state index in [0.717, 1.165) is 65.8 Å². The number of amides is 1. The monoisotopic (exact) mass is 561 g/mol. The van der Waals surface area contributed by atoms with Gasteiger partial charge >= 0.3 is 0 Å². The number of aromatic amines is 1. The molecular formula is C37H43N3O2. The van der Waals surface area contributed by atoms with Crippen LogP contribution in [0.15, 0.2) is 60.7 Å². The Morgan fingerprint density at radius 2 is 1.86 bits per heavy atom. The maximum absolute atomic E-state index is 13.1. The van der Waals surface area contributed by atoms with Gasteiger partial charge in [-0.2, -0.15) is 0 Å². The molecule has 0 radical (unpaired) electrons. The number of fused-ring (bicyclic) bond motifs is 5. The van der Waals surface area contributed by atoms with Crippen LogP contribution in [0.5, 0.6) is 5.75 Å². The largest absolute Gasteiger partial charge is 0.482 e. The average molecular weight is 562 g/mol. The standard InChI is InChI=1S/C37H43N3O2/c1-24-9-7-8-10-26(24)23-40-19-16-28(17-20-40)38-33(41)14-11-25-21-31-30-22-27(36(2,3)4)12-13-32(30)39-34(31)29-15-18-37(5,6)42-35(25)29/h7-15,18,21-22,28,39H,16-17,19-20,23H2,1-6H3,(H,38,41)/b14-11+. The van der Waals surface area contributed by atoms with Crippen molar-refractivity contribution >= 4 is 39.9 Å². The fourth-order valence-electron chi connectivity index (χ4n) is 6.19. The summed E-state index contributed by atoms with van der Waals surface area (Å²) in [5, 5.41) is 5.59. The minimum Gasteiger partial charge on any atom is -0.482 e. The Bertz CT molecular complexity index is 1710. The molecule has 3 aromatic carbocycles. The zero-order valence-electron chi connectivity index (χ0n) is 25.8. The number of carbonyl (C=O) groups excluding carboxylic acids is 1. The topological polar surface area (TPSA) is 57.4 Å². The number of rotatable bonds is 5. The van der Waals surface area contributed by atoms with Crippen LogP contribution in [0.4, 0.5) is 0 Å². The summed E-state index contributed by atoms with van der Waals surface area (Å²) in [6.07, 6.45) is 9.77. The second-order valence-corrected chi connectivity index (χ2v) is 13.6. The van der Waals surface area contributed by atoms with Crippen molar-refractivity contribution in [2.45, 2.75) is 78.0 Å². The summed E-state index contributed by atoms with van der Waals surface area (Å²) in [5.74, 6) is 0.756.